The zero-order chi connectivity index (χ0) is 11.6. The third-order valence-electron chi connectivity index (χ3n) is 3.33. The first-order valence-corrected chi connectivity index (χ1v) is 7.60. The second-order valence-electron chi connectivity index (χ2n) is 4.77. The molecule has 0 unspecified atom stereocenters. The normalized spacial score (nSPS) is 24.8. The predicted molar refractivity (Wildman–Crippen MR) is 63.6 cm³/mol. The molecule has 0 aromatic heterocycles. The molecule has 0 spiro atoms. The zero-order valence-corrected chi connectivity index (χ0v) is 10.4. The Morgan fingerprint density at radius 2 is 1.81 bits per heavy atom. The number of nitrogens with zero attached hydrogens (tertiary/aromatic N) is 1. The van der Waals surface area contributed by atoms with Crippen LogP contribution in [0.1, 0.15) is 25.7 Å². The van der Waals surface area contributed by atoms with Crippen molar-refractivity contribution in [3.05, 3.63) is 0 Å². The Labute approximate surface area is 97.4 Å². The van der Waals surface area contributed by atoms with Gasteiger partial charge in [0.05, 0.1) is 5.25 Å². The maximum absolute atomic E-state index is 11.7. The number of nitrogens with one attached hydrogen (secondary N) is 1. The number of sulfonamides is 1. The number of hydrogen-bond acceptors (Lipinski definition) is 4. The molecule has 0 aromatic rings. The maximum atomic E-state index is 11.7. The molecule has 1 aliphatic carbocycles. The van der Waals surface area contributed by atoms with E-state index in [1.54, 1.807) is 0 Å². The maximum Gasteiger partial charge on any atom is 0.214 e. The van der Waals surface area contributed by atoms with Gasteiger partial charge in [-0.15, -0.1) is 0 Å². The largest absolute Gasteiger partial charge is 0.329 e. The molecule has 1 saturated heterocycles. The smallest absolute Gasteiger partial charge is 0.214 e. The Morgan fingerprint density at radius 3 is 2.31 bits per heavy atom. The molecular formula is C10H21N3O2S. The van der Waals surface area contributed by atoms with Gasteiger partial charge in [-0.3, -0.25) is 0 Å². The van der Waals surface area contributed by atoms with Gasteiger partial charge in [0, 0.05) is 19.1 Å². The van der Waals surface area contributed by atoms with Crippen LogP contribution >= 0.6 is 0 Å². The topological polar surface area (TPSA) is 75.4 Å². The average molecular weight is 247 g/mol. The summed E-state index contributed by atoms with van der Waals surface area (Å²) in [6, 6.07) is 0.139. The van der Waals surface area contributed by atoms with Gasteiger partial charge in [-0.25, -0.2) is 13.1 Å². The summed E-state index contributed by atoms with van der Waals surface area (Å²) in [6.45, 7) is 3.50. The number of rotatable bonds is 5. The van der Waals surface area contributed by atoms with Crippen molar-refractivity contribution in [2.75, 3.05) is 26.2 Å². The summed E-state index contributed by atoms with van der Waals surface area (Å²) in [6.07, 6.45) is 3.49. The van der Waals surface area contributed by atoms with Crippen LogP contribution in [0.15, 0.2) is 0 Å². The van der Waals surface area contributed by atoms with Crippen LogP contribution in [-0.2, 0) is 10.0 Å². The molecule has 6 heteroatoms. The van der Waals surface area contributed by atoms with Gasteiger partial charge in [-0.1, -0.05) is 0 Å². The Hall–Kier alpha value is -0.170. The highest BCUT2D eigenvalue weighted by atomic mass is 32.2. The lowest BCUT2D eigenvalue weighted by Gasteiger charge is -2.31. The molecule has 2 rings (SSSR count). The fourth-order valence-electron chi connectivity index (χ4n) is 2.16. The molecule has 2 aliphatic rings. The molecule has 1 heterocycles. The summed E-state index contributed by atoms with van der Waals surface area (Å²) in [5, 5.41) is -0.102. The summed E-state index contributed by atoms with van der Waals surface area (Å²) in [5.41, 5.74) is 5.49. The van der Waals surface area contributed by atoms with Crippen molar-refractivity contribution < 1.29 is 8.42 Å². The molecule has 0 atom stereocenters. The Balaban J connectivity index is 1.76. The van der Waals surface area contributed by atoms with Gasteiger partial charge in [0.15, 0.2) is 0 Å². The van der Waals surface area contributed by atoms with Crippen molar-refractivity contribution in [2.24, 2.45) is 5.73 Å². The van der Waals surface area contributed by atoms with E-state index >= 15 is 0 Å². The Bertz CT molecular complexity index is 319. The second-order valence-corrected chi connectivity index (χ2v) is 6.76. The predicted octanol–water partition coefficient (Wildman–Crippen LogP) is -0.509. The van der Waals surface area contributed by atoms with Gasteiger partial charge >= 0.3 is 0 Å². The van der Waals surface area contributed by atoms with Crippen molar-refractivity contribution in [1.82, 2.24) is 9.62 Å². The lowest BCUT2D eigenvalue weighted by atomic mass is 10.1. The molecule has 1 aliphatic heterocycles. The van der Waals surface area contributed by atoms with E-state index < -0.39 is 10.0 Å². The fraction of sp³-hybridized carbons (Fsp3) is 1.00. The highest BCUT2D eigenvalue weighted by molar-refractivity contribution is 7.90. The van der Waals surface area contributed by atoms with Gasteiger partial charge in [-0.2, -0.15) is 0 Å². The van der Waals surface area contributed by atoms with Gasteiger partial charge in [-0.05, 0) is 38.8 Å². The van der Waals surface area contributed by atoms with Crippen LogP contribution in [0.3, 0.4) is 0 Å². The molecule has 5 nitrogen and oxygen atoms in total. The van der Waals surface area contributed by atoms with Gasteiger partial charge in [0.25, 0.3) is 0 Å². The van der Waals surface area contributed by atoms with Crippen LogP contribution in [0, 0.1) is 0 Å². The van der Waals surface area contributed by atoms with Crippen LogP contribution in [0.4, 0.5) is 0 Å². The van der Waals surface area contributed by atoms with Crippen molar-refractivity contribution in [2.45, 2.75) is 37.0 Å². The van der Waals surface area contributed by atoms with Crippen molar-refractivity contribution in [3.8, 4) is 0 Å². The number of piperidine rings is 1. The van der Waals surface area contributed by atoms with E-state index in [0.717, 1.165) is 45.3 Å². The van der Waals surface area contributed by atoms with Gasteiger partial charge in [0.2, 0.25) is 10.0 Å². The van der Waals surface area contributed by atoms with E-state index in [1.807, 2.05) is 0 Å². The second kappa shape index (κ2) is 5.00. The summed E-state index contributed by atoms with van der Waals surface area (Å²) < 4.78 is 26.3. The number of likely N-dealkylation sites (tertiary alicyclic amines) is 1. The minimum atomic E-state index is -3.01. The third-order valence-corrected chi connectivity index (χ3v) is 5.34. The first-order chi connectivity index (χ1) is 7.62. The van der Waals surface area contributed by atoms with Crippen molar-refractivity contribution in [3.63, 3.8) is 0 Å². The Kier molecular flexibility index (Phi) is 3.84. The highest BCUT2D eigenvalue weighted by Crippen LogP contribution is 2.28. The van der Waals surface area contributed by atoms with Crippen LogP contribution in [-0.4, -0.2) is 50.8 Å². The van der Waals surface area contributed by atoms with E-state index in [9.17, 15) is 8.42 Å². The summed E-state index contributed by atoms with van der Waals surface area (Å²) >= 11 is 0. The SMILES string of the molecule is NCCN1CCC(NS(=O)(=O)C2CC2)CC1. The first-order valence-electron chi connectivity index (χ1n) is 6.05. The lowest BCUT2D eigenvalue weighted by molar-refractivity contribution is 0.212. The van der Waals surface area contributed by atoms with Gasteiger partial charge < -0.3 is 10.6 Å². The zero-order valence-electron chi connectivity index (χ0n) is 9.56. The Morgan fingerprint density at radius 1 is 1.19 bits per heavy atom. The molecule has 16 heavy (non-hydrogen) atoms. The highest BCUT2D eigenvalue weighted by Gasteiger charge is 2.37. The molecular weight excluding hydrogens is 226 g/mol. The number of hydrogen-bond donors (Lipinski definition) is 2. The minimum absolute atomic E-state index is 0.102. The summed E-state index contributed by atoms with van der Waals surface area (Å²) in [4.78, 5) is 2.29. The molecule has 3 N–H and O–H groups in total. The van der Waals surface area contributed by atoms with Crippen molar-refractivity contribution in [1.29, 1.82) is 0 Å². The number of nitrogens with two attached hydrogens (primary N) is 1. The molecule has 0 amide bonds. The fourth-order valence-corrected chi connectivity index (χ4v) is 3.81. The summed E-state index contributed by atoms with van der Waals surface area (Å²) in [7, 11) is -3.01. The molecule has 94 valence electrons. The van der Waals surface area contributed by atoms with Crippen molar-refractivity contribution >= 4 is 10.0 Å². The van der Waals surface area contributed by atoms with Gasteiger partial charge in [0.1, 0.15) is 0 Å². The molecule has 0 bridgehead atoms. The third kappa shape index (κ3) is 3.16. The van der Waals surface area contributed by atoms with Crippen LogP contribution in [0.5, 0.6) is 0 Å². The average Bonchev–Trinajstić information content (AvgIpc) is 3.04. The van der Waals surface area contributed by atoms with E-state index in [-0.39, 0.29) is 11.3 Å². The molecule has 2 fully saturated rings. The standard InChI is InChI=1S/C10H21N3O2S/c11-5-8-13-6-3-9(4-7-13)12-16(14,15)10-1-2-10/h9-10,12H,1-8,11H2. The van der Waals surface area contributed by atoms with Crippen LogP contribution < -0.4 is 10.5 Å². The minimum Gasteiger partial charge on any atom is -0.329 e. The molecule has 0 aromatic carbocycles. The first kappa shape index (κ1) is 12.3. The quantitative estimate of drug-likeness (QED) is 0.686. The van der Waals surface area contributed by atoms with E-state index in [1.165, 1.54) is 0 Å². The molecule has 1 saturated carbocycles. The summed E-state index contributed by atoms with van der Waals surface area (Å²) in [5.74, 6) is 0. The lowest BCUT2D eigenvalue weighted by Crippen LogP contribution is -2.46. The van der Waals surface area contributed by atoms with E-state index in [2.05, 4.69) is 9.62 Å². The van der Waals surface area contributed by atoms with E-state index in [4.69, 9.17) is 5.73 Å². The van der Waals surface area contributed by atoms with Crippen LogP contribution in [0.25, 0.3) is 0 Å². The molecule has 0 radical (unpaired) electrons. The van der Waals surface area contributed by atoms with E-state index in [0.29, 0.717) is 6.54 Å². The monoisotopic (exact) mass is 247 g/mol. The van der Waals surface area contributed by atoms with Crippen LogP contribution in [0.2, 0.25) is 0 Å².